The molecule has 4 rings (SSSR count). The predicted octanol–water partition coefficient (Wildman–Crippen LogP) is 5.40. The van der Waals surface area contributed by atoms with Gasteiger partial charge in [-0.2, -0.15) is 0 Å². The molecule has 0 atom stereocenters. The number of hydrogen-bond acceptors (Lipinski definition) is 1. The number of H-pyrrole nitrogens is 1. The number of hydrogen-bond donors (Lipinski definition) is 2. The molecule has 3 aromatic carbocycles. The first-order chi connectivity index (χ1) is 12.2. The van der Waals surface area contributed by atoms with E-state index in [-0.39, 0.29) is 5.91 Å². The maximum absolute atomic E-state index is 12.8. The maximum atomic E-state index is 12.8. The van der Waals surface area contributed by atoms with Crippen molar-refractivity contribution in [3.05, 3.63) is 90.1 Å². The van der Waals surface area contributed by atoms with Gasteiger partial charge in [0.25, 0.3) is 5.91 Å². The van der Waals surface area contributed by atoms with Crippen LogP contribution in [0.4, 0.5) is 5.69 Å². The number of carbonyl (C=O) groups is 1. The van der Waals surface area contributed by atoms with Crippen molar-refractivity contribution in [2.75, 3.05) is 5.32 Å². The van der Waals surface area contributed by atoms with Gasteiger partial charge in [0.2, 0.25) is 0 Å². The highest BCUT2D eigenvalue weighted by Crippen LogP contribution is 2.25. The fourth-order valence-electron chi connectivity index (χ4n) is 3.00. The number of carbonyl (C=O) groups excluding carboxylic acids is 1. The van der Waals surface area contributed by atoms with Crippen molar-refractivity contribution in [1.82, 2.24) is 4.98 Å². The van der Waals surface area contributed by atoms with Gasteiger partial charge in [-0.05, 0) is 48.4 Å². The second-order valence-electron chi connectivity index (χ2n) is 6.15. The van der Waals surface area contributed by atoms with Gasteiger partial charge in [0.1, 0.15) is 0 Å². The Morgan fingerprint density at radius 2 is 1.72 bits per heavy atom. The Hall–Kier alpha value is -3.33. The van der Waals surface area contributed by atoms with Crippen molar-refractivity contribution in [2.45, 2.75) is 6.92 Å². The van der Waals surface area contributed by atoms with Gasteiger partial charge in [-0.3, -0.25) is 4.79 Å². The van der Waals surface area contributed by atoms with Crippen LogP contribution in [0.3, 0.4) is 0 Å². The van der Waals surface area contributed by atoms with E-state index < -0.39 is 0 Å². The molecule has 3 nitrogen and oxygen atoms in total. The lowest BCUT2D eigenvalue weighted by atomic mass is 9.98. The van der Waals surface area contributed by atoms with Crippen molar-refractivity contribution in [3.63, 3.8) is 0 Å². The van der Waals surface area contributed by atoms with Gasteiger partial charge in [0.15, 0.2) is 0 Å². The minimum atomic E-state index is -0.105. The van der Waals surface area contributed by atoms with E-state index in [9.17, 15) is 4.79 Å². The summed E-state index contributed by atoms with van der Waals surface area (Å²) in [7, 11) is 0. The monoisotopic (exact) mass is 326 g/mol. The largest absolute Gasteiger partial charge is 0.361 e. The molecule has 0 aliphatic rings. The lowest BCUT2D eigenvalue weighted by Crippen LogP contribution is -2.13. The first-order valence-corrected chi connectivity index (χ1v) is 8.25. The zero-order valence-corrected chi connectivity index (χ0v) is 13.9. The van der Waals surface area contributed by atoms with Crippen LogP contribution >= 0.6 is 0 Å². The van der Waals surface area contributed by atoms with Crippen LogP contribution in [0, 0.1) is 6.92 Å². The second-order valence-corrected chi connectivity index (χ2v) is 6.15. The van der Waals surface area contributed by atoms with E-state index in [0.717, 1.165) is 27.7 Å². The zero-order valence-electron chi connectivity index (χ0n) is 13.9. The van der Waals surface area contributed by atoms with Crippen LogP contribution in [0.2, 0.25) is 0 Å². The number of fused-ring (bicyclic) bond motifs is 1. The molecule has 25 heavy (non-hydrogen) atoms. The molecule has 0 radical (unpaired) electrons. The number of aromatic nitrogens is 1. The number of benzene rings is 3. The van der Waals surface area contributed by atoms with Gasteiger partial charge in [-0.15, -0.1) is 0 Å². The average molecular weight is 326 g/mol. The van der Waals surface area contributed by atoms with Crippen LogP contribution in [-0.2, 0) is 0 Å². The predicted molar refractivity (Wildman–Crippen MR) is 103 cm³/mol. The zero-order chi connectivity index (χ0) is 17.2. The molecule has 0 spiro atoms. The summed E-state index contributed by atoms with van der Waals surface area (Å²) in [5, 5.41) is 4.08. The summed E-state index contributed by atoms with van der Waals surface area (Å²) in [6.45, 7) is 2.06. The smallest absolute Gasteiger partial charge is 0.256 e. The third-order valence-corrected chi connectivity index (χ3v) is 4.35. The van der Waals surface area contributed by atoms with Crippen LogP contribution in [0.15, 0.2) is 79.0 Å². The number of amides is 1. The van der Waals surface area contributed by atoms with Crippen LogP contribution < -0.4 is 5.32 Å². The van der Waals surface area contributed by atoms with Gasteiger partial charge >= 0.3 is 0 Å². The molecule has 1 heterocycles. The van der Waals surface area contributed by atoms with E-state index in [2.05, 4.69) is 29.4 Å². The summed E-state index contributed by atoms with van der Waals surface area (Å²) in [4.78, 5) is 16.0. The van der Waals surface area contributed by atoms with Gasteiger partial charge in [-0.1, -0.05) is 48.0 Å². The van der Waals surface area contributed by atoms with Crippen molar-refractivity contribution in [2.24, 2.45) is 0 Å². The van der Waals surface area contributed by atoms with Crippen LogP contribution in [-0.4, -0.2) is 10.9 Å². The Morgan fingerprint density at radius 1 is 0.920 bits per heavy atom. The van der Waals surface area contributed by atoms with Crippen molar-refractivity contribution in [1.29, 1.82) is 0 Å². The number of rotatable bonds is 3. The minimum Gasteiger partial charge on any atom is -0.361 e. The highest BCUT2D eigenvalue weighted by molar-refractivity contribution is 6.09. The van der Waals surface area contributed by atoms with Crippen LogP contribution in [0.5, 0.6) is 0 Å². The van der Waals surface area contributed by atoms with Gasteiger partial charge in [0.05, 0.1) is 0 Å². The number of aromatic amines is 1. The van der Waals surface area contributed by atoms with Gasteiger partial charge in [-0.25, -0.2) is 0 Å². The lowest BCUT2D eigenvalue weighted by molar-refractivity contribution is 0.102. The van der Waals surface area contributed by atoms with E-state index in [1.54, 1.807) is 0 Å². The van der Waals surface area contributed by atoms with E-state index >= 15 is 0 Å². The molecular weight excluding hydrogens is 308 g/mol. The SMILES string of the molecule is Cc1ccc(-c2ccccc2C(=O)Nc2ccc3[nH]ccc3c2)cc1. The molecule has 0 fully saturated rings. The fourth-order valence-corrected chi connectivity index (χ4v) is 3.00. The van der Waals surface area contributed by atoms with Crippen molar-refractivity contribution < 1.29 is 4.79 Å². The third-order valence-electron chi connectivity index (χ3n) is 4.35. The summed E-state index contributed by atoms with van der Waals surface area (Å²) in [6, 6.07) is 23.7. The van der Waals surface area contributed by atoms with Crippen LogP contribution in [0.1, 0.15) is 15.9 Å². The quantitative estimate of drug-likeness (QED) is 0.520. The molecule has 2 N–H and O–H groups in total. The summed E-state index contributed by atoms with van der Waals surface area (Å²) in [6.07, 6.45) is 1.89. The van der Waals surface area contributed by atoms with Crippen LogP contribution in [0.25, 0.3) is 22.0 Å². The fraction of sp³-hybridized carbons (Fsp3) is 0.0455. The minimum absolute atomic E-state index is 0.105. The van der Waals surface area contributed by atoms with E-state index in [0.29, 0.717) is 5.56 Å². The lowest BCUT2D eigenvalue weighted by Gasteiger charge is -2.11. The average Bonchev–Trinajstić information content (AvgIpc) is 3.10. The molecule has 0 unspecified atom stereocenters. The first-order valence-electron chi connectivity index (χ1n) is 8.25. The normalized spacial score (nSPS) is 10.8. The molecule has 0 saturated carbocycles. The van der Waals surface area contributed by atoms with Crippen molar-refractivity contribution in [3.8, 4) is 11.1 Å². The first kappa shape index (κ1) is 15.2. The topological polar surface area (TPSA) is 44.9 Å². The molecule has 4 aromatic rings. The Bertz CT molecular complexity index is 1050. The third kappa shape index (κ3) is 3.04. The molecule has 0 aliphatic carbocycles. The Balaban J connectivity index is 1.67. The van der Waals surface area contributed by atoms with E-state index in [1.807, 2.05) is 66.9 Å². The highest BCUT2D eigenvalue weighted by Gasteiger charge is 2.12. The van der Waals surface area contributed by atoms with Crippen molar-refractivity contribution >= 4 is 22.5 Å². The van der Waals surface area contributed by atoms with E-state index in [1.165, 1.54) is 5.56 Å². The molecule has 0 aliphatic heterocycles. The summed E-state index contributed by atoms with van der Waals surface area (Å²) >= 11 is 0. The molecule has 1 amide bonds. The summed E-state index contributed by atoms with van der Waals surface area (Å²) in [5.41, 5.74) is 5.68. The summed E-state index contributed by atoms with van der Waals surface area (Å²) < 4.78 is 0. The molecular formula is C22H18N2O. The molecule has 3 heteroatoms. The summed E-state index contributed by atoms with van der Waals surface area (Å²) in [5.74, 6) is -0.105. The molecule has 1 aromatic heterocycles. The second kappa shape index (κ2) is 6.29. The highest BCUT2D eigenvalue weighted by atomic mass is 16.1. The maximum Gasteiger partial charge on any atom is 0.256 e. The molecule has 0 saturated heterocycles. The van der Waals surface area contributed by atoms with Gasteiger partial charge < -0.3 is 10.3 Å². The standard InChI is InChI=1S/C22H18N2O/c1-15-6-8-16(9-7-15)19-4-2-3-5-20(19)22(25)24-18-10-11-21-17(14-18)12-13-23-21/h2-14,23H,1H3,(H,24,25). The molecule has 122 valence electrons. The van der Waals surface area contributed by atoms with E-state index in [4.69, 9.17) is 0 Å². The number of nitrogens with one attached hydrogen (secondary N) is 2. The van der Waals surface area contributed by atoms with Gasteiger partial charge in [0, 0.05) is 28.4 Å². The Morgan fingerprint density at radius 3 is 2.56 bits per heavy atom. The number of anilines is 1. The molecule has 0 bridgehead atoms. The Labute approximate surface area is 146 Å². The Kier molecular flexibility index (Phi) is 3.82. The number of aryl methyl sites for hydroxylation is 1.